The molecule has 14 nitrogen and oxygen atoms in total. The number of nitrogens with zero attached hydrogens (tertiary/aromatic N) is 2. The van der Waals surface area contributed by atoms with Crippen LogP contribution in [-0.4, -0.2) is 142 Å². The summed E-state index contributed by atoms with van der Waals surface area (Å²) in [7, 11) is 0. The maximum atomic E-state index is 13.5. The molecule has 14 heteroatoms. The summed E-state index contributed by atoms with van der Waals surface area (Å²) in [6.07, 6.45) is 0. The molecular weight excluding hydrogens is 504 g/mol. The van der Waals surface area contributed by atoms with Gasteiger partial charge in [-0.25, -0.2) is 0 Å². The second kappa shape index (κ2) is 13.6. The zero-order valence-electron chi connectivity index (χ0n) is 23.2. The molecule has 1 aliphatic rings. The van der Waals surface area contributed by atoms with Crippen LogP contribution in [0.1, 0.15) is 41.5 Å². The lowest BCUT2D eigenvalue weighted by Gasteiger charge is -2.43. The summed E-state index contributed by atoms with van der Waals surface area (Å²) in [5.41, 5.74) is -5.25. The second-order valence-electron chi connectivity index (χ2n) is 11.4. The zero-order valence-corrected chi connectivity index (χ0v) is 23.2. The molecule has 0 aromatic rings. The number of aliphatic carboxylic acids is 2. The van der Waals surface area contributed by atoms with Gasteiger partial charge in [0.2, 0.25) is 0 Å². The molecule has 2 amide bonds. The van der Waals surface area contributed by atoms with Gasteiger partial charge in [0.15, 0.2) is 11.2 Å². The standard InChI is InChI=1S/C24H44N4O10/c1-21(2)13-27(11-17(31)32)15-24(6,38-10-8-30)20(36)26-22(3,4)14-28(12-18(33)34)16-23(5,19(35)25-21)37-9-7-29/h29-30H,7-16H2,1-6H3,(H,25,35)(H,26,36)(H,31,32)(H,33,34)/t23-,24-/m1/s1. The van der Waals surface area contributed by atoms with Crippen molar-refractivity contribution in [1.82, 2.24) is 20.4 Å². The van der Waals surface area contributed by atoms with E-state index in [0.717, 1.165) is 0 Å². The minimum atomic E-state index is -1.59. The van der Waals surface area contributed by atoms with E-state index in [-0.39, 0.29) is 52.6 Å². The van der Waals surface area contributed by atoms with Gasteiger partial charge in [0.05, 0.1) is 39.5 Å². The SMILES string of the molecule is CC1(C)CN(CC(=O)O)C[C@@](C)(OCCO)C(=O)NC(C)(C)CN(CC(=O)O)C[C@@](C)(OCCO)C(=O)N1. The molecule has 0 spiro atoms. The first-order chi connectivity index (χ1) is 17.4. The zero-order chi connectivity index (χ0) is 29.4. The van der Waals surface area contributed by atoms with Crippen molar-refractivity contribution in [2.45, 2.75) is 63.8 Å². The molecule has 220 valence electrons. The average Bonchev–Trinajstić information content (AvgIpc) is 2.73. The Bertz CT molecular complexity index is 784. The van der Waals surface area contributed by atoms with Gasteiger partial charge in [0, 0.05) is 37.3 Å². The number of hydrogen-bond acceptors (Lipinski definition) is 10. The van der Waals surface area contributed by atoms with Gasteiger partial charge >= 0.3 is 11.9 Å². The van der Waals surface area contributed by atoms with E-state index in [4.69, 9.17) is 9.47 Å². The molecule has 1 saturated heterocycles. The number of ether oxygens (including phenoxy) is 2. The molecule has 2 atom stereocenters. The lowest BCUT2D eigenvalue weighted by atomic mass is 9.95. The van der Waals surface area contributed by atoms with Gasteiger partial charge in [-0.2, -0.15) is 0 Å². The van der Waals surface area contributed by atoms with Gasteiger partial charge in [0.1, 0.15) is 0 Å². The van der Waals surface area contributed by atoms with Gasteiger partial charge in [-0.3, -0.25) is 29.0 Å². The van der Waals surface area contributed by atoms with Crippen molar-refractivity contribution in [3.05, 3.63) is 0 Å². The van der Waals surface area contributed by atoms with Gasteiger partial charge in [-0.15, -0.1) is 0 Å². The highest BCUT2D eigenvalue weighted by Crippen LogP contribution is 2.22. The van der Waals surface area contributed by atoms with Gasteiger partial charge in [-0.05, 0) is 41.5 Å². The van der Waals surface area contributed by atoms with Crippen molar-refractivity contribution in [3.63, 3.8) is 0 Å². The van der Waals surface area contributed by atoms with E-state index in [1.54, 1.807) is 27.7 Å². The number of amides is 2. The number of rotatable bonds is 10. The van der Waals surface area contributed by atoms with Crippen LogP contribution in [0.3, 0.4) is 0 Å². The number of carbonyl (C=O) groups is 4. The number of carboxylic acids is 2. The third-order valence-corrected chi connectivity index (χ3v) is 5.89. The summed E-state index contributed by atoms with van der Waals surface area (Å²) in [5, 5.41) is 43.4. The minimum Gasteiger partial charge on any atom is -0.480 e. The van der Waals surface area contributed by atoms with Crippen LogP contribution >= 0.6 is 0 Å². The van der Waals surface area contributed by atoms with Gasteiger partial charge in [0.25, 0.3) is 11.8 Å². The number of hydrogen-bond donors (Lipinski definition) is 6. The maximum Gasteiger partial charge on any atom is 0.317 e. The molecule has 38 heavy (non-hydrogen) atoms. The highest BCUT2D eigenvalue weighted by atomic mass is 16.5. The normalized spacial score (nSPS) is 27.7. The number of aliphatic hydroxyl groups is 2. The molecule has 6 N–H and O–H groups in total. The van der Waals surface area contributed by atoms with E-state index in [1.807, 2.05) is 0 Å². The Hall–Kier alpha value is -2.36. The third kappa shape index (κ3) is 10.8. The molecule has 0 aromatic heterocycles. The lowest BCUT2D eigenvalue weighted by molar-refractivity contribution is -0.158. The van der Waals surface area contributed by atoms with Crippen molar-refractivity contribution in [2.24, 2.45) is 0 Å². The molecule has 1 aliphatic heterocycles. The summed E-state index contributed by atoms with van der Waals surface area (Å²) < 4.78 is 11.4. The fourth-order valence-electron chi connectivity index (χ4n) is 4.56. The summed E-state index contributed by atoms with van der Waals surface area (Å²) in [6, 6.07) is 0. The van der Waals surface area contributed by atoms with E-state index in [2.05, 4.69) is 10.6 Å². The quantitative estimate of drug-likeness (QED) is 0.177. The van der Waals surface area contributed by atoms with Crippen molar-refractivity contribution in [2.75, 3.05) is 65.7 Å². The fraction of sp³-hybridized carbons (Fsp3) is 0.833. The Morgan fingerprint density at radius 3 is 1.29 bits per heavy atom. The smallest absolute Gasteiger partial charge is 0.317 e. The van der Waals surface area contributed by atoms with E-state index in [0.29, 0.717) is 0 Å². The fourth-order valence-corrected chi connectivity index (χ4v) is 4.56. The highest BCUT2D eigenvalue weighted by Gasteiger charge is 2.44. The van der Waals surface area contributed by atoms with Gasteiger partial charge in [-0.1, -0.05) is 0 Å². The Labute approximate surface area is 223 Å². The minimum absolute atomic E-state index is 0.00525. The van der Waals surface area contributed by atoms with Crippen molar-refractivity contribution >= 4 is 23.8 Å². The van der Waals surface area contributed by atoms with Crippen molar-refractivity contribution in [1.29, 1.82) is 0 Å². The number of nitrogens with one attached hydrogen (secondary N) is 2. The summed E-state index contributed by atoms with van der Waals surface area (Å²) >= 11 is 0. The van der Waals surface area contributed by atoms with Crippen LogP contribution in [0.4, 0.5) is 0 Å². The maximum absolute atomic E-state index is 13.5. The average molecular weight is 549 g/mol. The molecule has 1 heterocycles. The van der Waals surface area contributed by atoms with E-state index in [9.17, 15) is 39.6 Å². The second-order valence-corrected chi connectivity index (χ2v) is 11.4. The lowest BCUT2D eigenvalue weighted by Crippen LogP contribution is -2.66. The Morgan fingerprint density at radius 2 is 1.03 bits per heavy atom. The molecule has 0 unspecified atom stereocenters. The van der Waals surface area contributed by atoms with Crippen molar-refractivity contribution < 1.29 is 49.1 Å². The summed E-state index contributed by atoms with van der Waals surface area (Å²) in [4.78, 5) is 53.3. The van der Waals surface area contributed by atoms with E-state index < -0.39 is 59.1 Å². The predicted molar refractivity (Wildman–Crippen MR) is 135 cm³/mol. The topological polar surface area (TPSA) is 198 Å². The molecule has 1 rings (SSSR count). The van der Waals surface area contributed by atoms with Crippen LogP contribution in [0.2, 0.25) is 0 Å². The molecule has 0 saturated carbocycles. The van der Waals surface area contributed by atoms with E-state index >= 15 is 0 Å². The first kappa shape index (κ1) is 33.7. The van der Waals surface area contributed by atoms with Crippen molar-refractivity contribution in [3.8, 4) is 0 Å². The third-order valence-electron chi connectivity index (χ3n) is 5.89. The Kier molecular flexibility index (Phi) is 12.1. The van der Waals surface area contributed by atoms with Crippen LogP contribution in [0.5, 0.6) is 0 Å². The first-order valence-corrected chi connectivity index (χ1v) is 12.4. The summed E-state index contributed by atoms with van der Waals surface area (Å²) in [5.74, 6) is -3.47. The molecule has 0 bridgehead atoms. The monoisotopic (exact) mass is 548 g/mol. The predicted octanol–water partition coefficient (Wildman–Crippen LogP) is -1.90. The Balaban J connectivity index is 3.61. The number of carboxylic acid groups (broad SMARTS) is 2. The molecule has 1 fully saturated rings. The number of aliphatic hydroxyl groups excluding tert-OH is 2. The molecule has 0 aromatic carbocycles. The van der Waals surface area contributed by atoms with Crippen LogP contribution in [0, 0.1) is 0 Å². The molecule has 0 aliphatic carbocycles. The van der Waals surface area contributed by atoms with Crippen LogP contribution in [-0.2, 0) is 28.7 Å². The molecule has 0 radical (unpaired) electrons. The Morgan fingerprint density at radius 1 is 0.711 bits per heavy atom. The van der Waals surface area contributed by atoms with Gasteiger partial charge < -0.3 is 40.5 Å². The van der Waals surface area contributed by atoms with Crippen LogP contribution < -0.4 is 10.6 Å². The highest BCUT2D eigenvalue weighted by molar-refractivity contribution is 5.86. The first-order valence-electron chi connectivity index (χ1n) is 12.4. The molecular formula is C24H44N4O10. The largest absolute Gasteiger partial charge is 0.480 e. The summed E-state index contributed by atoms with van der Waals surface area (Å²) in [6.45, 7) is 7.24. The van der Waals surface area contributed by atoms with Crippen LogP contribution in [0.15, 0.2) is 0 Å². The number of carbonyl (C=O) groups excluding carboxylic acids is 2. The van der Waals surface area contributed by atoms with Crippen LogP contribution in [0.25, 0.3) is 0 Å². The van der Waals surface area contributed by atoms with E-state index in [1.165, 1.54) is 23.6 Å².